The minimum Gasteiger partial charge on any atom is -0.394 e. The van der Waals surface area contributed by atoms with E-state index in [9.17, 15) is 15.3 Å². The van der Waals surface area contributed by atoms with E-state index in [1.165, 1.54) is 32.8 Å². The van der Waals surface area contributed by atoms with Crippen molar-refractivity contribution in [2.45, 2.75) is 76.2 Å². The molecule has 0 saturated carbocycles. The molecule has 0 spiro atoms. The number of methoxy groups -OCH3 is 1. The summed E-state index contributed by atoms with van der Waals surface area (Å²) in [5.41, 5.74) is 0. The van der Waals surface area contributed by atoms with Crippen LogP contribution in [-0.2, 0) is 14.2 Å². The highest BCUT2D eigenvalue weighted by Gasteiger charge is 2.45. The molecule has 0 bridgehead atoms. The summed E-state index contributed by atoms with van der Waals surface area (Å²) in [6.07, 6.45) is 2.22. The van der Waals surface area contributed by atoms with Gasteiger partial charge in [-0.3, -0.25) is 0 Å². The number of aliphatic hydroxyl groups is 3. The maximum absolute atomic E-state index is 10.1. The van der Waals surface area contributed by atoms with Crippen LogP contribution in [0, 0.1) is 0 Å². The summed E-state index contributed by atoms with van der Waals surface area (Å²) in [7, 11) is 1.38. The molecule has 0 radical (unpaired) electrons. The van der Waals surface area contributed by atoms with E-state index in [1.54, 1.807) is 0 Å². The number of unbranched alkanes of at least 4 members (excludes halogenated alkanes) is 5. The van der Waals surface area contributed by atoms with Gasteiger partial charge in [-0.15, -0.1) is 0 Å². The summed E-state index contributed by atoms with van der Waals surface area (Å²) < 4.78 is 15.9. The van der Waals surface area contributed by atoms with Crippen LogP contribution in [0.5, 0.6) is 0 Å². The van der Waals surface area contributed by atoms with Gasteiger partial charge in [0.05, 0.1) is 6.61 Å². The lowest BCUT2D eigenvalue weighted by atomic mass is 9.99. The summed E-state index contributed by atoms with van der Waals surface area (Å²) in [4.78, 5) is 0. The summed E-state index contributed by atoms with van der Waals surface area (Å²) in [6, 6.07) is 0. The third kappa shape index (κ3) is 5.81. The topological polar surface area (TPSA) is 88.4 Å². The van der Waals surface area contributed by atoms with Crippen molar-refractivity contribution in [2.75, 3.05) is 20.3 Å². The lowest BCUT2D eigenvalue weighted by Gasteiger charge is -2.41. The first kappa shape index (κ1) is 18.8. The minimum absolute atomic E-state index is 0.287. The highest BCUT2D eigenvalue weighted by Crippen LogP contribution is 2.24. The molecule has 1 aliphatic rings. The minimum atomic E-state index is -1.17. The third-order valence-electron chi connectivity index (χ3n) is 3.86. The predicted molar refractivity (Wildman–Crippen MR) is 77.9 cm³/mol. The van der Waals surface area contributed by atoms with Crippen LogP contribution in [0.15, 0.2) is 0 Å². The molecular weight excluding hydrogens is 276 g/mol. The summed E-state index contributed by atoms with van der Waals surface area (Å²) in [5.74, 6) is 0. The van der Waals surface area contributed by atoms with Gasteiger partial charge in [-0.1, -0.05) is 39.0 Å². The van der Waals surface area contributed by atoms with Gasteiger partial charge in [0.2, 0.25) is 0 Å². The number of hydrogen-bond donors (Lipinski definition) is 3. The lowest BCUT2D eigenvalue weighted by Crippen LogP contribution is -2.59. The van der Waals surface area contributed by atoms with Gasteiger partial charge in [-0.05, 0) is 6.42 Å². The van der Waals surface area contributed by atoms with Crippen LogP contribution in [0.2, 0.25) is 0 Å². The summed E-state index contributed by atoms with van der Waals surface area (Å²) >= 11 is 0. The molecule has 6 heteroatoms. The van der Waals surface area contributed by atoms with E-state index >= 15 is 0 Å². The predicted octanol–water partition coefficient (Wildman–Crippen LogP) is 0.817. The van der Waals surface area contributed by atoms with Crippen molar-refractivity contribution in [1.82, 2.24) is 0 Å². The molecule has 0 aliphatic carbocycles. The number of ether oxygens (including phenoxy) is 3. The van der Waals surface area contributed by atoms with E-state index in [0.29, 0.717) is 6.61 Å². The van der Waals surface area contributed by atoms with E-state index in [2.05, 4.69) is 6.92 Å². The highest BCUT2D eigenvalue weighted by molar-refractivity contribution is 4.90. The molecule has 0 aromatic carbocycles. The van der Waals surface area contributed by atoms with Crippen molar-refractivity contribution in [3.63, 3.8) is 0 Å². The van der Waals surface area contributed by atoms with Crippen LogP contribution in [0.1, 0.15) is 45.4 Å². The van der Waals surface area contributed by atoms with Gasteiger partial charge in [-0.2, -0.15) is 0 Å². The van der Waals surface area contributed by atoms with Crippen molar-refractivity contribution >= 4 is 0 Å². The van der Waals surface area contributed by atoms with Gasteiger partial charge in [0.1, 0.15) is 24.4 Å². The average Bonchev–Trinajstić information content (AvgIpc) is 2.50. The van der Waals surface area contributed by atoms with Crippen molar-refractivity contribution < 1.29 is 29.5 Å². The molecule has 2 unspecified atom stereocenters. The van der Waals surface area contributed by atoms with Crippen LogP contribution < -0.4 is 0 Å². The Balaban J connectivity index is 2.31. The molecule has 0 aromatic rings. The quantitative estimate of drug-likeness (QED) is 0.518. The SMILES string of the molecule is CCCCCCCCO[C@@H]1C(CO)O[C@H](OC)C(O)[C@H]1O. The fourth-order valence-corrected chi connectivity index (χ4v) is 2.56. The van der Waals surface area contributed by atoms with Crippen molar-refractivity contribution in [1.29, 1.82) is 0 Å². The molecule has 126 valence electrons. The van der Waals surface area contributed by atoms with Crippen molar-refractivity contribution in [3.8, 4) is 0 Å². The van der Waals surface area contributed by atoms with Crippen LogP contribution in [-0.4, -0.2) is 66.3 Å². The van der Waals surface area contributed by atoms with Gasteiger partial charge in [-0.25, -0.2) is 0 Å². The van der Waals surface area contributed by atoms with E-state index in [4.69, 9.17) is 14.2 Å². The van der Waals surface area contributed by atoms with Gasteiger partial charge in [0.15, 0.2) is 6.29 Å². The molecule has 1 heterocycles. The largest absolute Gasteiger partial charge is 0.394 e. The first-order valence-corrected chi connectivity index (χ1v) is 7.92. The molecule has 1 rings (SSSR count). The molecule has 0 amide bonds. The average molecular weight is 306 g/mol. The maximum atomic E-state index is 10.1. The normalized spacial score (nSPS) is 33.3. The first-order valence-electron chi connectivity index (χ1n) is 7.92. The molecule has 1 aliphatic heterocycles. The second-order valence-corrected chi connectivity index (χ2v) is 5.55. The summed E-state index contributed by atoms with van der Waals surface area (Å²) in [6.45, 7) is 2.38. The Kier molecular flexibility index (Phi) is 9.39. The zero-order chi connectivity index (χ0) is 15.7. The van der Waals surface area contributed by atoms with E-state index in [1.807, 2.05) is 0 Å². The highest BCUT2D eigenvalue weighted by atomic mass is 16.7. The molecule has 21 heavy (non-hydrogen) atoms. The van der Waals surface area contributed by atoms with Crippen LogP contribution in [0.3, 0.4) is 0 Å². The van der Waals surface area contributed by atoms with Gasteiger partial charge in [0, 0.05) is 13.7 Å². The fraction of sp³-hybridized carbons (Fsp3) is 1.00. The number of rotatable bonds is 10. The molecular formula is C15H30O6. The zero-order valence-corrected chi connectivity index (χ0v) is 13.1. The van der Waals surface area contributed by atoms with Gasteiger partial charge in [0.25, 0.3) is 0 Å². The Morgan fingerprint density at radius 1 is 1.00 bits per heavy atom. The van der Waals surface area contributed by atoms with E-state index in [-0.39, 0.29) is 6.61 Å². The second kappa shape index (κ2) is 10.5. The lowest BCUT2D eigenvalue weighted by molar-refractivity contribution is -0.301. The Morgan fingerprint density at radius 3 is 2.29 bits per heavy atom. The Bertz CT molecular complexity index is 261. The van der Waals surface area contributed by atoms with Crippen molar-refractivity contribution in [2.24, 2.45) is 0 Å². The first-order chi connectivity index (χ1) is 10.2. The molecule has 1 fully saturated rings. The number of hydrogen-bond acceptors (Lipinski definition) is 6. The van der Waals surface area contributed by atoms with Crippen molar-refractivity contribution in [3.05, 3.63) is 0 Å². The maximum Gasteiger partial charge on any atom is 0.186 e. The second-order valence-electron chi connectivity index (χ2n) is 5.55. The van der Waals surface area contributed by atoms with Gasteiger partial charge >= 0.3 is 0 Å². The molecule has 3 N–H and O–H groups in total. The van der Waals surface area contributed by atoms with Crippen LogP contribution in [0.25, 0.3) is 0 Å². The Morgan fingerprint density at radius 2 is 1.67 bits per heavy atom. The van der Waals surface area contributed by atoms with Crippen LogP contribution >= 0.6 is 0 Å². The number of aliphatic hydroxyl groups excluding tert-OH is 3. The Hall–Kier alpha value is -0.240. The van der Waals surface area contributed by atoms with Crippen LogP contribution in [0.4, 0.5) is 0 Å². The zero-order valence-electron chi connectivity index (χ0n) is 13.1. The third-order valence-corrected chi connectivity index (χ3v) is 3.86. The molecule has 5 atom stereocenters. The molecule has 6 nitrogen and oxygen atoms in total. The molecule has 0 aromatic heterocycles. The monoisotopic (exact) mass is 306 g/mol. The van der Waals surface area contributed by atoms with E-state index in [0.717, 1.165) is 12.8 Å². The molecule has 1 saturated heterocycles. The fourth-order valence-electron chi connectivity index (χ4n) is 2.56. The van der Waals surface area contributed by atoms with E-state index < -0.39 is 30.7 Å². The standard InChI is InChI=1S/C15H30O6/c1-3-4-5-6-7-8-9-20-14-11(10-16)21-15(19-2)13(18)12(14)17/h11-18H,3-10H2,1-2H3/t11?,12-,13?,14-,15+/m1/s1. The Labute approximate surface area is 127 Å². The van der Waals surface area contributed by atoms with Gasteiger partial charge < -0.3 is 29.5 Å². The summed E-state index contributed by atoms with van der Waals surface area (Å²) in [5, 5.41) is 29.3. The smallest absolute Gasteiger partial charge is 0.186 e.